The maximum atomic E-state index is 13.2. The van der Waals surface area contributed by atoms with Crippen LogP contribution >= 0.6 is 0 Å². The van der Waals surface area contributed by atoms with Crippen LogP contribution in [-0.4, -0.2) is 73.8 Å². The maximum absolute atomic E-state index is 13.2. The number of aliphatic imine (C=N–C) groups is 1. The smallest absolute Gasteiger partial charge is 0.256 e. The first-order valence-electron chi connectivity index (χ1n) is 12.8. The van der Waals surface area contributed by atoms with Crippen molar-refractivity contribution in [1.82, 2.24) is 15.2 Å². The molecule has 0 fully saturated rings. The lowest BCUT2D eigenvalue weighted by molar-refractivity contribution is -0.129. The molecule has 1 aliphatic heterocycles. The summed E-state index contributed by atoms with van der Waals surface area (Å²) in [6.07, 6.45) is 6.21. The van der Waals surface area contributed by atoms with Crippen LogP contribution < -0.4 is 11.1 Å². The van der Waals surface area contributed by atoms with Crippen molar-refractivity contribution < 1.29 is 14.4 Å². The summed E-state index contributed by atoms with van der Waals surface area (Å²) in [5, 5.41) is 8.21. The Bertz CT molecular complexity index is 1280. The van der Waals surface area contributed by atoms with E-state index in [1.165, 1.54) is 11.2 Å². The molecule has 1 aliphatic rings. The number of aldehydes is 1. The minimum Gasteiger partial charge on any atom is -0.387 e. The number of nitrogens with two attached hydrogens (primary N) is 1. The van der Waals surface area contributed by atoms with Gasteiger partial charge in [0.05, 0.1) is 18.4 Å². The molecule has 2 amide bonds. The monoisotopic (exact) mass is 516 g/mol. The van der Waals surface area contributed by atoms with Gasteiger partial charge in [-0.05, 0) is 49.2 Å². The topological polar surface area (TPSA) is 120 Å². The minimum atomic E-state index is -0.202. The zero-order valence-corrected chi connectivity index (χ0v) is 22.5. The molecule has 0 saturated carbocycles. The molecule has 1 heterocycles. The molecule has 9 nitrogen and oxygen atoms in total. The highest BCUT2D eigenvalue weighted by molar-refractivity contribution is 6.05. The van der Waals surface area contributed by atoms with Gasteiger partial charge in [-0.25, -0.2) is 10.0 Å². The van der Waals surface area contributed by atoms with E-state index < -0.39 is 0 Å². The Labute approximate surface area is 224 Å². The quantitative estimate of drug-likeness (QED) is 0.269. The number of rotatable bonds is 11. The molecule has 0 radical (unpaired) electrons. The molecule has 0 aliphatic carbocycles. The van der Waals surface area contributed by atoms with Crippen LogP contribution in [0, 0.1) is 0 Å². The number of amides is 2. The summed E-state index contributed by atoms with van der Waals surface area (Å²) in [4.78, 5) is 43.3. The van der Waals surface area contributed by atoms with Gasteiger partial charge in [-0.3, -0.25) is 14.4 Å². The van der Waals surface area contributed by atoms with Crippen LogP contribution in [0.25, 0.3) is 17.2 Å². The third kappa shape index (κ3) is 7.01. The van der Waals surface area contributed by atoms with Crippen LogP contribution in [-0.2, 0) is 9.59 Å². The van der Waals surface area contributed by atoms with Crippen LogP contribution in [0.3, 0.4) is 0 Å². The Balaban J connectivity index is 1.95. The van der Waals surface area contributed by atoms with E-state index in [1.807, 2.05) is 41.3 Å². The number of benzene rings is 2. The van der Waals surface area contributed by atoms with Gasteiger partial charge >= 0.3 is 0 Å². The predicted molar refractivity (Wildman–Crippen MR) is 153 cm³/mol. The van der Waals surface area contributed by atoms with Gasteiger partial charge < -0.3 is 16.0 Å². The van der Waals surface area contributed by atoms with Gasteiger partial charge in [0.15, 0.2) is 6.29 Å². The number of carbonyl (C=O) groups excluding carboxylic acids is 3. The fourth-order valence-corrected chi connectivity index (χ4v) is 4.22. The summed E-state index contributed by atoms with van der Waals surface area (Å²) in [6, 6.07) is 11.2. The van der Waals surface area contributed by atoms with Crippen LogP contribution in [0.1, 0.15) is 54.6 Å². The summed E-state index contributed by atoms with van der Waals surface area (Å²) in [5.41, 5.74) is 11.1. The van der Waals surface area contributed by atoms with Crippen LogP contribution in [0.5, 0.6) is 0 Å². The maximum Gasteiger partial charge on any atom is 0.256 e. The van der Waals surface area contributed by atoms with Crippen molar-refractivity contribution in [1.29, 1.82) is 0 Å². The highest BCUT2D eigenvalue weighted by Crippen LogP contribution is 2.32. The average Bonchev–Trinajstić information content (AvgIpc) is 3.08. The molecular formula is C29H36N6O3. The molecule has 2 aromatic carbocycles. The average molecular weight is 517 g/mol. The molecular weight excluding hydrogens is 480 g/mol. The van der Waals surface area contributed by atoms with E-state index in [4.69, 9.17) is 5.73 Å². The zero-order valence-electron chi connectivity index (χ0n) is 22.5. The van der Waals surface area contributed by atoms with E-state index in [0.717, 1.165) is 35.8 Å². The SMILES string of the molecule is CCCN(CCC)C(=O)C1=Cc2ccc(-c3ccc(C=O)c(/C=N\N(C)C(=O)CNC)c3)cc2N=C(N)C1. The second kappa shape index (κ2) is 13.4. The zero-order chi connectivity index (χ0) is 27.7. The summed E-state index contributed by atoms with van der Waals surface area (Å²) in [5.74, 6) is 0.175. The third-order valence-electron chi connectivity index (χ3n) is 6.15. The van der Waals surface area contributed by atoms with Gasteiger partial charge in [0, 0.05) is 48.8 Å². The van der Waals surface area contributed by atoms with E-state index in [9.17, 15) is 14.4 Å². The number of nitrogens with one attached hydrogen (secondary N) is 1. The van der Waals surface area contributed by atoms with E-state index >= 15 is 0 Å². The number of hydrazone groups is 1. The van der Waals surface area contributed by atoms with Crippen molar-refractivity contribution in [3.63, 3.8) is 0 Å². The van der Waals surface area contributed by atoms with E-state index in [2.05, 4.69) is 29.3 Å². The van der Waals surface area contributed by atoms with Crippen molar-refractivity contribution in [3.05, 3.63) is 58.7 Å². The lowest BCUT2D eigenvalue weighted by Crippen LogP contribution is -2.34. The summed E-state index contributed by atoms with van der Waals surface area (Å²) < 4.78 is 0. The molecule has 0 aromatic heterocycles. The summed E-state index contributed by atoms with van der Waals surface area (Å²) >= 11 is 0. The molecule has 0 atom stereocenters. The molecule has 9 heteroatoms. The van der Waals surface area contributed by atoms with Gasteiger partial charge in [-0.15, -0.1) is 0 Å². The van der Waals surface area contributed by atoms with Crippen molar-refractivity contribution >= 4 is 41.9 Å². The fraction of sp³-hybridized carbons (Fsp3) is 0.345. The van der Waals surface area contributed by atoms with E-state index in [-0.39, 0.29) is 18.4 Å². The van der Waals surface area contributed by atoms with E-state index in [0.29, 0.717) is 47.7 Å². The lowest BCUT2D eigenvalue weighted by atomic mass is 9.97. The number of nitrogens with zero attached hydrogens (tertiary/aromatic N) is 4. The number of amidine groups is 1. The molecule has 0 saturated heterocycles. The number of fused-ring (bicyclic) bond motifs is 1. The molecule has 3 rings (SSSR count). The van der Waals surface area contributed by atoms with Crippen molar-refractivity contribution in [2.75, 3.05) is 33.7 Å². The molecule has 200 valence electrons. The Hall–Kier alpha value is -4.11. The molecule has 0 unspecified atom stereocenters. The first kappa shape index (κ1) is 28.5. The molecule has 2 aromatic rings. The van der Waals surface area contributed by atoms with Crippen LogP contribution in [0.4, 0.5) is 5.69 Å². The third-order valence-corrected chi connectivity index (χ3v) is 6.15. The normalized spacial score (nSPS) is 12.8. The number of likely N-dealkylation sites (N-methyl/N-ethyl adjacent to an activating group) is 2. The summed E-state index contributed by atoms with van der Waals surface area (Å²) in [7, 11) is 3.25. The molecule has 0 spiro atoms. The Morgan fingerprint density at radius 2 is 1.76 bits per heavy atom. The van der Waals surface area contributed by atoms with Gasteiger partial charge in [-0.2, -0.15) is 5.10 Å². The fourth-order valence-electron chi connectivity index (χ4n) is 4.22. The van der Waals surface area contributed by atoms with Gasteiger partial charge in [-0.1, -0.05) is 38.1 Å². The highest BCUT2D eigenvalue weighted by Gasteiger charge is 2.21. The van der Waals surface area contributed by atoms with Crippen LogP contribution in [0.15, 0.2) is 52.1 Å². The standard InChI is InChI=1S/C29H36N6O3/c1-5-11-35(12-6-2)29(38)24-14-22-9-7-21(15-26(22)33-27(30)16-24)20-8-10-23(19-36)25(13-20)17-32-34(4)28(37)18-31-3/h7-10,13-15,17,19,31H,5-6,11-12,16,18H2,1-4H3,(H2,30,33)/b32-17-. The Morgan fingerprint density at radius 3 is 2.42 bits per heavy atom. The van der Waals surface area contributed by atoms with Gasteiger partial charge in [0.2, 0.25) is 5.91 Å². The number of carbonyl (C=O) groups is 3. The van der Waals surface area contributed by atoms with Crippen molar-refractivity contribution in [2.24, 2.45) is 15.8 Å². The second-order valence-electron chi connectivity index (χ2n) is 9.17. The highest BCUT2D eigenvalue weighted by atomic mass is 16.2. The first-order chi connectivity index (χ1) is 18.3. The Kier molecular flexibility index (Phi) is 10.1. The summed E-state index contributed by atoms with van der Waals surface area (Å²) in [6.45, 7) is 5.68. The first-order valence-corrected chi connectivity index (χ1v) is 12.8. The Morgan fingerprint density at radius 1 is 1.08 bits per heavy atom. The number of hydrogen-bond donors (Lipinski definition) is 2. The van der Waals surface area contributed by atoms with Gasteiger partial charge in [0.25, 0.3) is 5.91 Å². The molecule has 0 bridgehead atoms. The second-order valence-corrected chi connectivity index (χ2v) is 9.17. The van der Waals surface area contributed by atoms with Crippen molar-refractivity contribution in [3.8, 4) is 11.1 Å². The lowest BCUT2D eigenvalue weighted by Gasteiger charge is -2.22. The van der Waals surface area contributed by atoms with Crippen molar-refractivity contribution in [2.45, 2.75) is 33.1 Å². The van der Waals surface area contributed by atoms with E-state index in [1.54, 1.807) is 20.2 Å². The van der Waals surface area contributed by atoms with Crippen LogP contribution in [0.2, 0.25) is 0 Å². The molecule has 3 N–H and O–H groups in total. The number of hydrogen-bond acceptors (Lipinski definition) is 7. The minimum absolute atomic E-state index is 0.00433. The van der Waals surface area contributed by atoms with Gasteiger partial charge in [0.1, 0.15) is 5.84 Å². The molecule has 38 heavy (non-hydrogen) atoms. The largest absolute Gasteiger partial charge is 0.387 e. The predicted octanol–water partition coefficient (Wildman–Crippen LogP) is 3.60.